The summed E-state index contributed by atoms with van der Waals surface area (Å²) >= 11 is 0. The van der Waals surface area contributed by atoms with Gasteiger partial charge in [0.1, 0.15) is 5.82 Å². The van der Waals surface area contributed by atoms with Gasteiger partial charge in [-0.1, -0.05) is 104 Å². The summed E-state index contributed by atoms with van der Waals surface area (Å²) in [6, 6.07) is 34.7. The van der Waals surface area contributed by atoms with E-state index < -0.39 is 11.7 Å². The third-order valence-corrected chi connectivity index (χ3v) is 8.35. The SMILES string of the molecule is CCCc1nc2c(c(=O)n(C(C)c3ccccc3)c(=O)n2-c2ccccc2)n1Cc1ccc(-c2ccccc2-c2nnn[nH]2)cc1. The van der Waals surface area contributed by atoms with Crippen LogP contribution in [0.2, 0.25) is 0 Å². The van der Waals surface area contributed by atoms with E-state index in [-0.39, 0.29) is 5.56 Å². The second-order valence-corrected chi connectivity index (χ2v) is 11.2. The molecule has 1 atom stereocenters. The Morgan fingerprint density at radius 3 is 2.15 bits per heavy atom. The molecular formula is C36H32N8O2. The number of fused-ring (bicyclic) bond motifs is 1. The Labute approximate surface area is 264 Å². The van der Waals surface area contributed by atoms with Gasteiger partial charge < -0.3 is 4.57 Å². The molecule has 1 unspecified atom stereocenters. The maximum absolute atomic E-state index is 14.4. The van der Waals surface area contributed by atoms with Crippen LogP contribution >= 0.6 is 0 Å². The molecule has 10 nitrogen and oxygen atoms in total. The predicted octanol–water partition coefficient (Wildman–Crippen LogP) is 5.81. The maximum Gasteiger partial charge on any atom is 0.337 e. The number of nitrogens with zero attached hydrogens (tertiary/aromatic N) is 7. The molecular weight excluding hydrogens is 576 g/mol. The molecule has 0 aliphatic rings. The minimum atomic E-state index is -0.488. The molecule has 0 bridgehead atoms. The number of H-pyrrole nitrogens is 1. The molecule has 4 aromatic carbocycles. The van der Waals surface area contributed by atoms with E-state index in [1.165, 1.54) is 4.57 Å². The molecule has 0 amide bonds. The monoisotopic (exact) mass is 608 g/mol. The number of imidazole rings is 1. The molecule has 0 aliphatic carbocycles. The lowest BCUT2D eigenvalue weighted by Crippen LogP contribution is -2.42. The van der Waals surface area contributed by atoms with Gasteiger partial charge in [0.2, 0.25) is 0 Å². The average molecular weight is 609 g/mol. The summed E-state index contributed by atoms with van der Waals surface area (Å²) < 4.78 is 4.92. The van der Waals surface area contributed by atoms with Gasteiger partial charge in [-0.25, -0.2) is 19.4 Å². The van der Waals surface area contributed by atoms with E-state index in [4.69, 9.17) is 4.98 Å². The maximum atomic E-state index is 14.4. The molecule has 0 aliphatic heterocycles. The highest BCUT2D eigenvalue weighted by molar-refractivity contribution is 5.80. The minimum absolute atomic E-state index is 0.357. The summed E-state index contributed by atoms with van der Waals surface area (Å²) in [7, 11) is 0. The van der Waals surface area contributed by atoms with E-state index in [1.807, 2.05) is 96.4 Å². The van der Waals surface area contributed by atoms with E-state index >= 15 is 0 Å². The summed E-state index contributed by atoms with van der Waals surface area (Å²) in [5.41, 5.74) is 5.43. The van der Waals surface area contributed by atoms with Crippen LogP contribution in [0.25, 0.3) is 39.4 Å². The van der Waals surface area contributed by atoms with Crippen molar-refractivity contribution in [3.63, 3.8) is 0 Å². The van der Waals surface area contributed by atoms with Crippen molar-refractivity contribution >= 4 is 11.2 Å². The Hall–Kier alpha value is -5.90. The summed E-state index contributed by atoms with van der Waals surface area (Å²) in [6.07, 6.45) is 1.49. The third kappa shape index (κ3) is 5.13. The molecule has 0 fully saturated rings. The Balaban J connectivity index is 1.38. The highest BCUT2D eigenvalue weighted by Crippen LogP contribution is 2.30. The van der Waals surface area contributed by atoms with E-state index in [9.17, 15) is 9.59 Å². The van der Waals surface area contributed by atoms with Crippen LogP contribution < -0.4 is 11.2 Å². The number of benzene rings is 4. The Kier molecular flexibility index (Phi) is 7.67. The fourth-order valence-corrected chi connectivity index (χ4v) is 6.06. The van der Waals surface area contributed by atoms with Crippen molar-refractivity contribution < 1.29 is 0 Å². The minimum Gasteiger partial charge on any atom is -0.318 e. The molecule has 0 radical (unpaired) electrons. The highest BCUT2D eigenvalue weighted by atomic mass is 16.2. The summed E-state index contributed by atoms with van der Waals surface area (Å²) in [5.74, 6) is 1.36. The van der Waals surface area contributed by atoms with Crippen LogP contribution in [0.15, 0.2) is 119 Å². The van der Waals surface area contributed by atoms with E-state index in [2.05, 4.69) is 51.8 Å². The first kappa shape index (κ1) is 28.8. The number of para-hydroxylation sites is 1. The van der Waals surface area contributed by atoms with Crippen molar-refractivity contribution in [1.29, 1.82) is 0 Å². The quantitative estimate of drug-likeness (QED) is 0.221. The largest absolute Gasteiger partial charge is 0.337 e. The van der Waals surface area contributed by atoms with Gasteiger partial charge in [0, 0.05) is 18.5 Å². The molecule has 10 heteroatoms. The van der Waals surface area contributed by atoms with Gasteiger partial charge in [-0.3, -0.25) is 9.36 Å². The Morgan fingerprint density at radius 2 is 1.48 bits per heavy atom. The number of nitrogens with one attached hydrogen (secondary N) is 1. The van der Waals surface area contributed by atoms with Crippen LogP contribution in [0.3, 0.4) is 0 Å². The zero-order valence-corrected chi connectivity index (χ0v) is 25.5. The van der Waals surface area contributed by atoms with Crippen LogP contribution in [-0.4, -0.2) is 39.3 Å². The zero-order valence-electron chi connectivity index (χ0n) is 25.5. The smallest absolute Gasteiger partial charge is 0.318 e. The van der Waals surface area contributed by atoms with Crippen molar-refractivity contribution in [2.24, 2.45) is 0 Å². The molecule has 1 N–H and O–H groups in total. The lowest BCUT2D eigenvalue weighted by atomic mass is 9.98. The second kappa shape index (κ2) is 12.2. The average Bonchev–Trinajstić information content (AvgIpc) is 3.75. The topological polar surface area (TPSA) is 116 Å². The van der Waals surface area contributed by atoms with Gasteiger partial charge in [-0.2, -0.15) is 0 Å². The van der Waals surface area contributed by atoms with Gasteiger partial charge in [0.25, 0.3) is 5.56 Å². The first-order valence-electron chi connectivity index (χ1n) is 15.3. The van der Waals surface area contributed by atoms with E-state index in [0.29, 0.717) is 35.6 Å². The summed E-state index contributed by atoms with van der Waals surface area (Å²) in [6.45, 7) is 4.39. The van der Waals surface area contributed by atoms with Crippen molar-refractivity contribution in [1.82, 2.24) is 39.3 Å². The first-order chi connectivity index (χ1) is 22.5. The number of aryl methyl sites for hydroxylation is 1. The van der Waals surface area contributed by atoms with Crippen molar-refractivity contribution in [2.45, 2.75) is 39.3 Å². The van der Waals surface area contributed by atoms with Crippen LogP contribution in [-0.2, 0) is 13.0 Å². The zero-order chi connectivity index (χ0) is 31.6. The Bertz CT molecular complexity index is 2230. The summed E-state index contributed by atoms with van der Waals surface area (Å²) in [4.78, 5) is 33.6. The molecule has 7 rings (SSSR count). The summed E-state index contributed by atoms with van der Waals surface area (Å²) in [5, 5.41) is 14.4. The number of rotatable bonds is 9. The van der Waals surface area contributed by atoms with Gasteiger partial charge >= 0.3 is 5.69 Å². The van der Waals surface area contributed by atoms with Gasteiger partial charge in [-0.15, -0.1) is 5.10 Å². The van der Waals surface area contributed by atoms with Crippen LogP contribution in [0.4, 0.5) is 0 Å². The molecule has 228 valence electrons. The fraction of sp³-hybridized carbons (Fsp3) is 0.167. The van der Waals surface area contributed by atoms with E-state index in [1.54, 1.807) is 4.57 Å². The van der Waals surface area contributed by atoms with Crippen LogP contribution in [0.5, 0.6) is 0 Å². The van der Waals surface area contributed by atoms with Crippen LogP contribution in [0, 0.1) is 0 Å². The lowest BCUT2D eigenvalue weighted by molar-refractivity contribution is 0.569. The number of aromatic nitrogens is 8. The molecule has 3 aromatic heterocycles. The van der Waals surface area contributed by atoms with Crippen molar-refractivity contribution in [3.8, 4) is 28.2 Å². The molecule has 0 saturated carbocycles. The highest BCUT2D eigenvalue weighted by Gasteiger charge is 2.25. The molecule has 0 spiro atoms. The normalized spacial score (nSPS) is 12.0. The lowest BCUT2D eigenvalue weighted by Gasteiger charge is -2.18. The van der Waals surface area contributed by atoms with Gasteiger partial charge in [0.05, 0.1) is 11.7 Å². The van der Waals surface area contributed by atoms with Crippen molar-refractivity contribution in [3.05, 3.63) is 147 Å². The van der Waals surface area contributed by atoms with Gasteiger partial charge in [-0.05, 0) is 58.2 Å². The number of hydrogen-bond donors (Lipinski definition) is 1. The molecule has 46 heavy (non-hydrogen) atoms. The number of aromatic amines is 1. The molecule has 3 heterocycles. The fourth-order valence-electron chi connectivity index (χ4n) is 6.06. The number of tetrazole rings is 1. The van der Waals surface area contributed by atoms with Crippen LogP contribution in [0.1, 0.15) is 43.3 Å². The van der Waals surface area contributed by atoms with Gasteiger partial charge in [0.15, 0.2) is 17.0 Å². The standard InChI is InChI=1S/C36H32N8O2/c1-3-12-31-37-34-32(35(45)43(24(2)26-13-6-4-7-14-26)36(46)44(34)28-15-8-5-9-16-28)42(31)23-25-19-21-27(22-20-25)29-17-10-11-18-30(29)33-38-40-41-39-33/h4-11,13-22,24H,3,12,23H2,1-2H3,(H,38,39,40,41). The molecule has 0 saturated heterocycles. The first-order valence-corrected chi connectivity index (χ1v) is 15.3. The molecule has 7 aromatic rings. The van der Waals surface area contributed by atoms with E-state index in [0.717, 1.165) is 40.1 Å². The number of hydrogen-bond acceptors (Lipinski definition) is 6. The second-order valence-electron chi connectivity index (χ2n) is 11.2. The Morgan fingerprint density at radius 1 is 0.804 bits per heavy atom. The third-order valence-electron chi connectivity index (χ3n) is 8.35. The predicted molar refractivity (Wildman–Crippen MR) is 178 cm³/mol. The van der Waals surface area contributed by atoms with Crippen molar-refractivity contribution in [2.75, 3.05) is 0 Å².